The molecule has 3 aromatic rings. The Morgan fingerprint density at radius 3 is 2.15 bits per heavy atom. The van der Waals surface area contributed by atoms with Crippen molar-refractivity contribution in [2.24, 2.45) is 0 Å². The van der Waals surface area contributed by atoms with Gasteiger partial charge in [0, 0.05) is 5.69 Å². The lowest BCUT2D eigenvalue weighted by atomic mass is 10.0. The summed E-state index contributed by atoms with van der Waals surface area (Å²) in [4.78, 5) is 40.7. The number of carboxylic acid groups (broad SMARTS) is 1. The van der Waals surface area contributed by atoms with Crippen molar-refractivity contribution >= 4 is 34.4 Å². The van der Waals surface area contributed by atoms with Crippen LogP contribution in [0.5, 0.6) is 0 Å². The molecule has 0 bridgehead atoms. The first-order chi connectivity index (χ1) is 15.2. The van der Waals surface area contributed by atoms with Gasteiger partial charge in [-0.1, -0.05) is 6.07 Å². The topological polar surface area (TPSA) is 129 Å². The van der Waals surface area contributed by atoms with E-state index in [4.69, 9.17) is 10.8 Å². The van der Waals surface area contributed by atoms with Crippen LogP contribution in [0, 0.1) is 0 Å². The SMILES string of the molecule is Nc1nc2ccc(CN(C(=O)C(F)(F)F)c3ccc(C(=O)O)cc3)c(C(F)(F)F)c2c(=O)[nH]1. The van der Waals surface area contributed by atoms with Crippen molar-refractivity contribution in [2.45, 2.75) is 18.9 Å². The van der Waals surface area contributed by atoms with Crippen LogP contribution in [0.15, 0.2) is 41.2 Å². The number of carbonyl (C=O) groups is 2. The minimum absolute atomic E-state index is 0.000950. The van der Waals surface area contributed by atoms with Gasteiger partial charge in [0.15, 0.2) is 0 Å². The van der Waals surface area contributed by atoms with Crippen LogP contribution in [-0.4, -0.2) is 33.1 Å². The minimum Gasteiger partial charge on any atom is -0.478 e. The van der Waals surface area contributed by atoms with Crippen molar-refractivity contribution in [1.29, 1.82) is 0 Å². The van der Waals surface area contributed by atoms with Crippen molar-refractivity contribution in [1.82, 2.24) is 9.97 Å². The van der Waals surface area contributed by atoms with E-state index in [-0.39, 0.29) is 10.5 Å². The van der Waals surface area contributed by atoms with Crippen molar-refractivity contribution in [3.8, 4) is 0 Å². The second kappa shape index (κ2) is 8.11. The minimum atomic E-state index is -5.46. The number of nitrogens with one attached hydrogen (secondary N) is 1. The fraction of sp³-hybridized carbons (Fsp3) is 0.158. The highest BCUT2D eigenvalue weighted by Crippen LogP contribution is 2.37. The van der Waals surface area contributed by atoms with Crippen molar-refractivity contribution < 1.29 is 41.0 Å². The average molecular weight is 474 g/mol. The van der Waals surface area contributed by atoms with Crippen LogP contribution in [0.1, 0.15) is 21.5 Å². The normalized spacial score (nSPS) is 12.1. The van der Waals surface area contributed by atoms with E-state index in [1.54, 1.807) is 0 Å². The smallest absolute Gasteiger partial charge is 0.471 e. The second-order valence-corrected chi connectivity index (χ2v) is 6.68. The molecule has 0 atom stereocenters. The van der Waals surface area contributed by atoms with Gasteiger partial charge in [-0.3, -0.25) is 14.6 Å². The van der Waals surface area contributed by atoms with Gasteiger partial charge in [-0.25, -0.2) is 9.78 Å². The predicted octanol–water partition coefficient (Wildman–Crippen LogP) is 3.32. The molecular weight excluding hydrogens is 462 g/mol. The van der Waals surface area contributed by atoms with Crippen LogP contribution >= 0.6 is 0 Å². The van der Waals surface area contributed by atoms with Gasteiger partial charge in [0.1, 0.15) is 0 Å². The zero-order valence-electron chi connectivity index (χ0n) is 16.1. The molecule has 0 saturated heterocycles. The van der Waals surface area contributed by atoms with Crippen LogP contribution < -0.4 is 16.2 Å². The van der Waals surface area contributed by atoms with Gasteiger partial charge in [-0.15, -0.1) is 0 Å². The number of nitrogens with zero attached hydrogens (tertiary/aromatic N) is 2. The Morgan fingerprint density at radius 2 is 1.64 bits per heavy atom. The zero-order chi connectivity index (χ0) is 24.7. The molecule has 0 aliphatic carbocycles. The average Bonchev–Trinajstić information content (AvgIpc) is 2.70. The van der Waals surface area contributed by atoms with E-state index in [1.165, 1.54) is 0 Å². The number of H-pyrrole nitrogens is 1. The molecule has 8 nitrogen and oxygen atoms in total. The molecule has 33 heavy (non-hydrogen) atoms. The number of hydrogen-bond acceptors (Lipinski definition) is 5. The molecule has 0 aliphatic heterocycles. The number of nitrogens with two attached hydrogens (primary N) is 1. The van der Waals surface area contributed by atoms with Crippen LogP contribution in [0.4, 0.5) is 38.0 Å². The summed E-state index contributed by atoms with van der Waals surface area (Å²) in [5.74, 6) is -4.38. The molecule has 1 amide bonds. The molecule has 174 valence electrons. The van der Waals surface area contributed by atoms with Crippen LogP contribution in [0.25, 0.3) is 10.9 Å². The summed E-state index contributed by atoms with van der Waals surface area (Å²) in [5, 5.41) is 7.96. The molecule has 4 N–H and O–H groups in total. The number of carbonyl (C=O) groups excluding carboxylic acids is 1. The van der Waals surface area contributed by atoms with Gasteiger partial charge >= 0.3 is 24.2 Å². The molecule has 3 rings (SSSR count). The van der Waals surface area contributed by atoms with Crippen molar-refractivity contribution in [2.75, 3.05) is 10.6 Å². The van der Waals surface area contributed by atoms with Crippen molar-refractivity contribution in [3.05, 3.63) is 63.4 Å². The number of amides is 1. The lowest BCUT2D eigenvalue weighted by Crippen LogP contribution is -2.41. The molecule has 14 heteroatoms. The summed E-state index contributed by atoms with van der Waals surface area (Å²) >= 11 is 0. The number of alkyl halides is 6. The number of nitrogen functional groups attached to an aromatic ring is 1. The van der Waals surface area contributed by atoms with E-state index in [2.05, 4.69) is 4.98 Å². The largest absolute Gasteiger partial charge is 0.478 e. The third-order valence-corrected chi connectivity index (χ3v) is 4.50. The molecule has 0 fully saturated rings. The highest BCUT2D eigenvalue weighted by atomic mass is 19.4. The first kappa shape index (κ1) is 23.6. The number of hydrogen-bond donors (Lipinski definition) is 3. The Bertz CT molecular complexity index is 1300. The number of benzene rings is 2. The summed E-state index contributed by atoms with van der Waals surface area (Å²) in [5.41, 5.74) is 0.356. The summed E-state index contributed by atoms with van der Waals surface area (Å²) < 4.78 is 81.3. The standard InChI is InChI=1S/C19H12F6N4O4/c20-18(21,22)13-9(3-6-11-12(13)14(30)28-17(26)27-11)7-29(16(33)19(23,24)25)10-4-1-8(2-5-10)15(31)32/h1-6H,7H2,(H,31,32)(H3,26,27,28,30). The van der Waals surface area contributed by atoms with Gasteiger partial charge in [0.25, 0.3) is 5.56 Å². The fourth-order valence-corrected chi connectivity index (χ4v) is 3.14. The highest BCUT2D eigenvalue weighted by Gasteiger charge is 2.44. The van der Waals surface area contributed by atoms with E-state index in [9.17, 15) is 40.7 Å². The molecule has 2 aromatic carbocycles. The lowest BCUT2D eigenvalue weighted by Gasteiger charge is -2.26. The summed E-state index contributed by atoms with van der Waals surface area (Å²) in [6.07, 6.45) is -10.7. The molecule has 0 saturated carbocycles. The Morgan fingerprint density at radius 1 is 1.03 bits per heavy atom. The van der Waals surface area contributed by atoms with Crippen LogP contribution in [0.2, 0.25) is 0 Å². The summed E-state index contributed by atoms with van der Waals surface area (Å²) in [6.45, 7) is -1.24. The molecular formula is C19H12F6N4O4. The number of aromatic nitrogens is 2. The summed E-state index contributed by atoms with van der Waals surface area (Å²) in [6, 6.07) is 5.19. The van der Waals surface area contributed by atoms with Gasteiger partial charge in [0.2, 0.25) is 5.95 Å². The van der Waals surface area contributed by atoms with E-state index in [0.717, 1.165) is 36.4 Å². The monoisotopic (exact) mass is 474 g/mol. The van der Waals surface area contributed by atoms with E-state index >= 15 is 0 Å². The van der Waals surface area contributed by atoms with E-state index < -0.39 is 70.0 Å². The molecule has 0 radical (unpaired) electrons. The first-order valence-electron chi connectivity index (χ1n) is 8.80. The van der Waals surface area contributed by atoms with Gasteiger partial charge < -0.3 is 15.7 Å². The van der Waals surface area contributed by atoms with Gasteiger partial charge in [-0.05, 0) is 35.9 Å². The Labute approximate surface area is 179 Å². The maximum atomic E-state index is 13.9. The molecule has 1 aromatic heterocycles. The van der Waals surface area contributed by atoms with Gasteiger partial charge in [0.05, 0.1) is 28.6 Å². The quantitative estimate of drug-likeness (QED) is 0.498. The Balaban J connectivity index is 2.22. The fourth-order valence-electron chi connectivity index (χ4n) is 3.14. The third-order valence-electron chi connectivity index (χ3n) is 4.50. The number of carboxylic acids is 1. The maximum absolute atomic E-state index is 13.9. The molecule has 0 unspecified atom stereocenters. The van der Waals surface area contributed by atoms with Crippen LogP contribution in [0.3, 0.4) is 0 Å². The number of halogens is 6. The third kappa shape index (κ3) is 4.73. The Hall–Kier alpha value is -4.10. The first-order valence-corrected chi connectivity index (χ1v) is 8.80. The molecule has 1 heterocycles. The highest BCUT2D eigenvalue weighted by molar-refractivity contribution is 5.98. The number of rotatable bonds is 4. The predicted molar refractivity (Wildman–Crippen MR) is 102 cm³/mol. The Kier molecular flexibility index (Phi) is 5.79. The number of aromatic amines is 1. The molecule has 0 spiro atoms. The maximum Gasteiger partial charge on any atom is 0.471 e. The van der Waals surface area contributed by atoms with E-state index in [1.807, 2.05) is 4.98 Å². The van der Waals surface area contributed by atoms with Gasteiger partial charge in [-0.2, -0.15) is 26.3 Å². The number of fused-ring (bicyclic) bond motifs is 1. The number of aromatic carboxylic acids is 1. The van der Waals surface area contributed by atoms with E-state index in [0.29, 0.717) is 0 Å². The number of anilines is 2. The zero-order valence-corrected chi connectivity index (χ0v) is 16.1. The van der Waals surface area contributed by atoms with Crippen LogP contribution in [-0.2, 0) is 17.5 Å². The van der Waals surface area contributed by atoms with Crippen molar-refractivity contribution in [3.63, 3.8) is 0 Å². The summed E-state index contributed by atoms with van der Waals surface area (Å²) in [7, 11) is 0. The molecule has 0 aliphatic rings. The second-order valence-electron chi connectivity index (χ2n) is 6.68. The lowest BCUT2D eigenvalue weighted by molar-refractivity contribution is -0.170.